The molecule has 1 aliphatic rings. The molecule has 3 aromatic rings. The molecule has 1 aliphatic heterocycles. The van der Waals surface area contributed by atoms with Crippen LogP contribution >= 0.6 is 11.3 Å². The summed E-state index contributed by atoms with van der Waals surface area (Å²) in [7, 11) is 3.94. The van der Waals surface area contributed by atoms with Crippen molar-refractivity contribution in [2.24, 2.45) is 0 Å². The number of pyridine rings is 1. The molecular formula is C17H16N4O2S. The van der Waals surface area contributed by atoms with Crippen LogP contribution < -0.4 is 10.5 Å². The lowest BCUT2D eigenvalue weighted by molar-refractivity contribution is 0.225. The number of allylic oxidation sites excluding steroid dienone is 3. The molecule has 4 rings (SSSR count). The quantitative estimate of drug-likeness (QED) is 0.733. The number of hydrogen-bond acceptors (Lipinski definition) is 6. The standard InChI is InChI=1S/C17H16N4O2S/c1-20(2)12-6-7-18-16-13(12)14-15(24-16)17(22)21(10-19-14)9-11-5-3-4-8-23-11/h3-7,10H,8-9H2,1-2H3. The molecule has 0 unspecified atom stereocenters. The van der Waals surface area contributed by atoms with E-state index in [9.17, 15) is 4.79 Å². The van der Waals surface area contributed by atoms with Crippen molar-refractivity contribution in [1.29, 1.82) is 0 Å². The highest BCUT2D eigenvalue weighted by atomic mass is 32.1. The zero-order valence-electron chi connectivity index (χ0n) is 13.4. The van der Waals surface area contributed by atoms with Crippen LogP contribution in [-0.2, 0) is 11.3 Å². The van der Waals surface area contributed by atoms with Gasteiger partial charge >= 0.3 is 0 Å². The lowest BCUT2D eigenvalue weighted by atomic mass is 10.2. The maximum atomic E-state index is 12.8. The average Bonchev–Trinajstić information content (AvgIpc) is 2.98. The minimum absolute atomic E-state index is 0.0632. The summed E-state index contributed by atoms with van der Waals surface area (Å²) >= 11 is 1.39. The summed E-state index contributed by atoms with van der Waals surface area (Å²) < 4.78 is 7.74. The number of thiophene rings is 1. The van der Waals surface area contributed by atoms with Crippen molar-refractivity contribution in [2.75, 3.05) is 25.6 Å². The highest BCUT2D eigenvalue weighted by Gasteiger charge is 2.17. The van der Waals surface area contributed by atoms with Gasteiger partial charge < -0.3 is 9.64 Å². The molecule has 7 heteroatoms. The minimum atomic E-state index is -0.0632. The first-order valence-electron chi connectivity index (χ1n) is 7.57. The molecule has 6 nitrogen and oxygen atoms in total. The van der Waals surface area contributed by atoms with Crippen LogP contribution in [0.1, 0.15) is 0 Å². The largest absolute Gasteiger partial charge is 0.492 e. The van der Waals surface area contributed by atoms with Gasteiger partial charge in [-0.1, -0.05) is 6.08 Å². The Labute approximate surface area is 142 Å². The molecule has 0 saturated carbocycles. The average molecular weight is 340 g/mol. The highest BCUT2D eigenvalue weighted by Crippen LogP contribution is 2.34. The first kappa shape index (κ1) is 14.9. The zero-order valence-corrected chi connectivity index (χ0v) is 14.2. The number of anilines is 1. The SMILES string of the molecule is CN(C)c1ccnc2sc3c(=O)n(CC4=CC=CCO4)cnc3c12. The molecule has 0 amide bonds. The molecule has 0 aromatic carbocycles. The highest BCUT2D eigenvalue weighted by molar-refractivity contribution is 7.25. The number of ether oxygens (including phenoxy) is 1. The summed E-state index contributed by atoms with van der Waals surface area (Å²) in [5.74, 6) is 0.758. The van der Waals surface area contributed by atoms with E-state index in [0.29, 0.717) is 23.4 Å². The molecule has 3 aromatic heterocycles. The molecule has 0 atom stereocenters. The fourth-order valence-electron chi connectivity index (χ4n) is 2.76. The Hall–Kier alpha value is -2.67. The van der Waals surface area contributed by atoms with Crippen LogP contribution in [-0.4, -0.2) is 35.2 Å². The van der Waals surface area contributed by atoms with E-state index in [-0.39, 0.29) is 5.56 Å². The Morgan fingerprint density at radius 2 is 2.25 bits per heavy atom. The van der Waals surface area contributed by atoms with Crippen molar-refractivity contribution in [3.05, 3.63) is 52.9 Å². The van der Waals surface area contributed by atoms with Gasteiger partial charge in [-0.2, -0.15) is 0 Å². The van der Waals surface area contributed by atoms with Crippen molar-refractivity contribution < 1.29 is 4.74 Å². The van der Waals surface area contributed by atoms with Crippen molar-refractivity contribution in [3.8, 4) is 0 Å². The summed E-state index contributed by atoms with van der Waals surface area (Å²) in [6.45, 7) is 0.920. The molecule has 0 bridgehead atoms. The van der Waals surface area contributed by atoms with Gasteiger partial charge in [-0.3, -0.25) is 9.36 Å². The Morgan fingerprint density at radius 3 is 3.00 bits per heavy atom. The smallest absolute Gasteiger partial charge is 0.271 e. The van der Waals surface area contributed by atoms with Crippen LogP contribution in [0.25, 0.3) is 20.4 Å². The van der Waals surface area contributed by atoms with Gasteiger partial charge in [0.15, 0.2) is 0 Å². The van der Waals surface area contributed by atoms with Crippen molar-refractivity contribution >= 4 is 37.5 Å². The van der Waals surface area contributed by atoms with Gasteiger partial charge in [-0.15, -0.1) is 11.3 Å². The summed E-state index contributed by atoms with van der Waals surface area (Å²) in [5, 5.41) is 0.933. The predicted molar refractivity (Wildman–Crippen MR) is 96.7 cm³/mol. The Balaban J connectivity index is 1.89. The summed E-state index contributed by atoms with van der Waals surface area (Å²) in [6, 6.07) is 1.94. The Bertz CT molecular complexity index is 1050. The van der Waals surface area contributed by atoms with E-state index in [0.717, 1.165) is 21.7 Å². The molecule has 0 spiro atoms. The van der Waals surface area contributed by atoms with Crippen molar-refractivity contribution in [1.82, 2.24) is 14.5 Å². The van der Waals surface area contributed by atoms with E-state index in [1.807, 2.05) is 43.3 Å². The Morgan fingerprint density at radius 1 is 1.38 bits per heavy atom. The van der Waals surface area contributed by atoms with E-state index in [2.05, 4.69) is 9.97 Å². The van der Waals surface area contributed by atoms with E-state index in [1.54, 1.807) is 17.1 Å². The second-order valence-electron chi connectivity index (χ2n) is 5.73. The molecule has 4 heterocycles. The second-order valence-corrected chi connectivity index (χ2v) is 6.73. The molecule has 0 saturated heterocycles. The van der Waals surface area contributed by atoms with Crippen LogP contribution in [0.2, 0.25) is 0 Å². The van der Waals surface area contributed by atoms with E-state index < -0.39 is 0 Å². The summed E-state index contributed by atoms with van der Waals surface area (Å²) in [6.07, 6.45) is 9.08. The normalized spacial score (nSPS) is 14.0. The zero-order chi connectivity index (χ0) is 16.7. The number of rotatable bonds is 3. The Kier molecular flexibility index (Phi) is 3.57. The van der Waals surface area contributed by atoms with Gasteiger partial charge in [-0.25, -0.2) is 9.97 Å². The van der Waals surface area contributed by atoms with Gasteiger partial charge in [0.2, 0.25) is 0 Å². The molecule has 0 N–H and O–H groups in total. The fourth-order valence-corrected chi connectivity index (χ4v) is 3.82. The molecule has 24 heavy (non-hydrogen) atoms. The van der Waals surface area contributed by atoms with Crippen LogP contribution in [0.5, 0.6) is 0 Å². The topological polar surface area (TPSA) is 60.2 Å². The van der Waals surface area contributed by atoms with Crippen LogP contribution in [0.15, 0.2) is 47.4 Å². The molecule has 0 fully saturated rings. The maximum Gasteiger partial charge on any atom is 0.271 e. The van der Waals surface area contributed by atoms with E-state index in [4.69, 9.17) is 4.74 Å². The number of aromatic nitrogens is 3. The molecule has 122 valence electrons. The maximum absolute atomic E-state index is 12.8. The number of nitrogens with zero attached hydrogens (tertiary/aromatic N) is 4. The van der Waals surface area contributed by atoms with Gasteiger partial charge in [0.1, 0.15) is 21.9 Å². The lowest BCUT2D eigenvalue weighted by Gasteiger charge is -2.13. The van der Waals surface area contributed by atoms with Crippen molar-refractivity contribution in [3.63, 3.8) is 0 Å². The third-order valence-electron chi connectivity index (χ3n) is 3.92. The monoisotopic (exact) mass is 340 g/mol. The van der Waals surface area contributed by atoms with Gasteiger partial charge in [0, 0.05) is 20.3 Å². The molecule has 0 radical (unpaired) electrons. The van der Waals surface area contributed by atoms with Gasteiger partial charge in [0.25, 0.3) is 5.56 Å². The molecular weight excluding hydrogens is 324 g/mol. The summed E-state index contributed by atoms with van der Waals surface area (Å²) in [4.78, 5) is 24.6. The van der Waals surface area contributed by atoms with E-state index in [1.165, 1.54) is 11.3 Å². The van der Waals surface area contributed by atoms with Gasteiger partial charge in [-0.05, 0) is 18.2 Å². The minimum Gasteiger partial charge on any atom is -0.492 e. The van der Waals surface area contributed by atoms with Crippen LogP contribution in [0, 0.1) is 0 Å². The first-order chi connectivity index (χ1) is 11.6. The summed E-state index contributed by atoms with van der Waals surface area (Å²) in [5.41, 5.74) is 1.66. The third-order valence-corrected chi connectivity index (χ3v) is 4.99. The first-order valence-corrected chi connectivity index (χ1v) is 8.39. The predicted octanol–water partition coefficient (Wildman–Crippen LogP) is 2.54. The van der Waals surface area contributed by atoms with Gasteiger partial charge in [0.05, 0.1) is 29.5 Å². The van der Waals surface area contributed by atoms with E-state index >= 15 is 0 Å². The number of fused-ring (bicyclic) bond motifs is 3. The fraction of sp³-hybridized carbons (Fsp3) is 0.235. The molecule has 0 aliphatic carbocycles. The second kappa shape index (κ2) is 5.76. The van der Waals surface area contributed by atoms with Crippen LogP contribution in [0.3, 0.4) is 0 Å². The van der Waals surface area contributed by atoms with Crippen LogP contribution in [0.4, 0.5) is 5.69 Å². The van der Waals surface area contributed by atoms with Crippen molar-refractivity contribution in [2.45, 2.75) is 6.54 Å². The third kappa shape index (κ3) is 2.37. The lowest BCUT2D eigenvalue weighted by Crippen LogP contribution is -2.21. The number of hydrogen-bond donors (Lipinski definition) is 0.